The zero-order chi connectivity index (χ0) is 11.7. The topological polar surface area (TPSA) is 65.0 Å². The molecule has 1 aliphatic heterocycles. The fourth-order valence-corrected chi connectivity index (χ4v) is 1.51. The summed E-state index contributed by atoms with van der Waals surface area (Å²) in [5.74, 6) is 1.00. The highest BCUT2D eigenvalue weighted by atomic mass is 16.7. The molecule has 0 saturated heterocycles. The SMILES string of the molecule is COc1cc(C(=O)[C@@H](C)O)cc2c1OCO2. The van der Waals surface area contributed by atoms with Crippen molar-refractivity contribution < 1.29 is 24.1 Å². The molecule has 0 saturated carbocycles. The maximum absolute atomic E-state index is 11.6. The number of hydrogen-bond donors (Lipinski definition) is 1. The molecule has 0 radical (unpaired) electrons. The Morgan fingerprint density at radius 1 is 1.50 bits per heavy atom. The van der Waals surface area contributed by atoms with Crippen LogP contribution in [-0.4, -0.2) is 30.9 Å². The van der Waals surface area contributed by atoms with Crippen LogP contribution in [0.25, 0.3) is 0 Å². The van der Waals surface area contributed by atoms with Crippen molar-refractivity contribution in [2.24, 2.45) is 0 Å². The molecule has 5 heteroatoms. The summed E-state index contributed by atoms with van der Waals surface area (Å²) in [6.07, 6.45) is -1.05. The van der Waals surface area contributed by atoms with Gasteiger partial charge < -0.3 is 19.3 Å². The van der Waals surface area contributed by atoms with Gasteiger partial charge in [-0.15, -0.1) is 0 Å². The van der Waals surface area contributed by atoms with Gasteiger partial charge in [-0.3, -0.25) is 4.79 Å². The lowest BCUT2D eigenvalue weighted by atomic mass is 10.1. The van der Waals surface area contributed by atoms with Gasteiger partial charge in [0.2, 0.25) is 12.5 Å². The second-order valence-electron chi connectivity index (χ2n) is 3.45. The lowest BCUT2D eigenvalue weighted by molar-refractivity contribution is 0.0779. The number of Topliss-reactive ketones (excluding diaryl/α,β-unsaturated/α-hetero) is 1. The molecule has 1 aliphatic rings. The van der Waals surface area contributed by atoms with Crippen molar-refractivity contribution >= 4 is 5.78 Å². The van der Waals surface area contributed by atoms with Crippen molar-refractivity contribution in [3.8, 4) is 17.2 Å². The molecule has 16 heavy (non-hydrogen) atoms. The monoisotopic (exact) mass is 224 g/mol. The predicted octanol–water partition coefficient (Wildman–Crippen LogP) is 0.987. The third kappa shape index (κ3) is 1.69. The maximum Gasteiger partial charge on any atom is 0.231 e. The first-order chi connectivity index (χ1) is 7.63. The van der Waals surface area contributed by atoms with Crippen LogP contribution in [-0.2, 0) is 0 Å². The lowest BCUT2D eigenvalue weighted by Crippen LogP contribution is -2.16. The molecule has 5 nitrogen and oxygen atoms in total. The highest BCUT2D eigenvalue weighted by Gasteiger charge is 2.23. The highest BCUT2D eigenvalue weighted by Crippen LogP contribution is 2.41. The number of benzene rings is 1. The molecule has 0 amide bonds. The number of carbonyl (C=O) groups is 1. The van der Waals surface area contributed by atoms with Crippen LogP contribution in [0.1, 0.15) is 17.3 Å². The van der Waals surface area contributed by atoms with E-state index in [1.54, 1.807) is 6.07 Å². The second-order valence-corrected chi connectivity index (χ2v) is 3.45. The van der Waals surface area contributed by atoms with Gasteiger partial charge in [0.15, 0.2) is 17.3 Å². The molecule has 86 valence electrons. The number of ketones is 1. The molecule has 1 N–H and O–H groups in total. The van der Waals surface area contributed by atoms with E-state index in [1.165, 1.54) is 20.1 Å². The van der Waals surface area contributed by atoms with Gasteiger partial charge in [0.25, 0.3) is 0 Å². The molecule has 0 aromatic heterocycles. The summed E-state index contributed by atoms with van der Waals surface area (Å²) in [7, 11) is 1.48. The number of methoxy groups -OCH3 is 1. The van der Waals surface area contributed by atoms with Gasteiger partial charge >= 0.3 is 0 Å². The Labute approximate surface area is 92.5 Å². The fourth-order valence-electron chi connectivity index (χ4n) is 1.51. The summed E-state index contributed by atoms with van der Waals surface area (Å²) in [4.78, 5) is 11.6. The number of aliphatic hydroxyl groups excluding tert-OH is 1. The molecule has 2 rings (SSSR count). The minimum atomic E-state index is -1.05. The molecular weight excluding hydrogens is 212 g/mol. The molecule has 1 atom stereocenters. The third-order valence-corrected chi connectivity index (χ3v) is 2.32. The van der Waals surface area contributed by atoms with E-state index in [1.807, 2.05) is 0 Å². The summed E-state index contributed by atoms with van der Waals surface area (Å²) in [6.45, 7) is 1.53. The van der Waals surface area contributed by atoms with E-state index in [2.05, 4.69) is 0 Å². The normalized spacial score (nSPS) is 14.7. The maximum atomic E-state index is 11.6. The van der Waals surface area contributed by atoms with Crippen LogP contribution in [0.5, 0.6) is 17.2 Å². The Hall–Kier alpha value is -1.75. The van der Waals surface area contributed by atoms with Crippen LogP contribution in [0.3, 0.4) is 0 Å². The van der Waals surface area contributed by atoms with E-state index >= 15 is 0 Å². The average Bonchev–Trinajstić information content (AvgIpc) is 2.74. The van der Waals surface area contributed by atoms with Crippen LogP contribution >= 0.6 is 0 Å². The number of fused-ring (bicyclic) bond motifs is 1. The third-order valence-electron chi connectivity index (χ3n) is 2.32. The quantitative estimate of drug-likeness (QED) is 0.775. The van der Waals surface area contributed by atoms with Gasteiger partial charge in [-0.2, -0.15) is 0 Å². The lowest BCUT2D eigenvalue weighted by Gasteiger charge is -2.08. The standard InChI is InChI=1S/C11H12O5/c1-6(12)10(13)7-3-8(14-2)11-9(4-7)15-5-16-11/h3-4,6,12H,5H2,1-2H3/t6-/m1/s1. The summed E-state index contributed by atoms with van der Waals surface area (Å²) in [5, 5.41) is 9.22. The van der Waals surface area contributed by atoms with Crippen molar-refractivity contribution in [3.63, 3.8) is 0 Å². The molecule has 1 aromatic rings. The Bertz CT molecular complexity index is 425. The first-order valence-electron chi connectivity index (χ1n) is 4.83. The first-order valence-corrected chi connectivity index (χ1v) is 4.83. The van der Waals surface area contributed by atoms with E-state index in [9.17, 15) is 9.90 Å². The number of hydrogen-bond acceptors (Lipinski definition) is 5. The Balaban J connectivity index is 2.46. The number of aliphatic hydroxyl groups is 1. The van der Waals surface area contributed by atoms with Crippen molar-refractivity contribution in [1.82, 2.24) is 0 Å². The van der Waals surface area contributed by atoms with Crippen LogP contribution in [0.2, 0.25) is 0 Å². The molecular formula is C11H12O5. The minimum absolute atomic E-state index is 0.109. The summed E-state index contributed by atoms with van der Waals surface area (Å²) < 4.78 is 15.5. The van der Waals surface area contributed by atoms with Crippen LogP contribution in [0.4, 0.5) is 0 Å². The number of rotatable bonds is 3. The summed E-state index contributed by atoms with van der Waals surface area (Å²) in [6, 6.07) is 3.07. The van der Waals surface area contributed by atoms with Crippen molar-refractivity contribution in [3.05, 3.63) is 17.7 Å². The minimum Gasteiger partial charge on any atom is -0.493 e. The van der Waals surface area contributed by atoms with Crippen molar-refractivity contribution in [2.75, 3.05) is 13.9 Å². The molecule has 0 bridgehead atoms. The van der Waals surface area contributed by atoms with E-state index in [-0.39, 0.29) is 12.6 Å². The van der Waals surface area contributed by atoms with Gasteiger partial charge in [0, 0.05) is 5.56 Å². The van der Waals surface area contributed by atoms with Crippen LogP contribution in [0, 0.1) is 0 Å². The van der Waals surface area contributed by atoms with E-state index < -0.39 is 6.10 Å². The largest absolute Gasteiger partial charge is 0.493 e. The van der Waals surface area contributed by atoms with E-state index in [0.717, 1.165) is 0 Å². The Kier molecular flexibility index (Phi) is 2.70. The van der Waals surface area contributed by atoms with Gasteiger partial charge in [-0.1, -0.05) is 0 Å². The molecule has 0 fully saturated rings. The van der Waals surface area contributed by atoms with Crippen LogP contribution in [0.15, 0.2) is 12.1 Å². The van der Waals surface area contributed by atoms with Gasteiger partial charge in [-0.05, 0) is 19.1 Å². The Morgan fingerprint density at radius 2 is 2.25 bits per heavy atom. The van der Waals surface area contributed by atoms with Gasteiger partial charge in [0.1, 0.15) is 6.10 Å². The van der Waals surface area contributed by atoms with Gasteiger partial charge in [0.05, 0.1) is 7.11 Å². The average molecular weight is 224 g/mol. The smallest absolute Gasteiger partial charge is 0.231 e. The van der Waals surface area contributed by atoms with Crippen LogP contribution < -0.4 is 14.2 Å². The zero-order valence-corrected chi connectivity index (χ0v) is 9.02. The molecule has 1 aromatic carbocycles. The molecule has 0 unspecified atom stereocenters. The van der Waals surface area contributed by atoms with Crippen molar-refractivity contribution in [2.45, 2.75) is 13.0 Å². The van der Waals surface area contributed by atoms with E-state index in [0.29, 0.717) is 22.8 Å². The highest BCUT2D eigenvalue weighted by molar-refractivity contribution is 6.00. The number of carbonyl (C=O) groups excluding carboxylic acids is 1. The van der Waals surface area contributed by atoms with E-state index in [4.69, 9.17) is 14.2 Å². The van der Waals surface area contributed by atoms with Gasteiger partial charge in [-0.25, -0.2) is 0 Å². The first kappa shape index (κ1) is 10.8. The molecule has 0 spiro atoms. The summed E-state index contributed by atoms with van der Waals surface area (Å²) >= 11 is 0. The van der Waals surface area contributed by atoms with Crippen molar-refractivity contribution in [1.29, 1.82) is 0 Å². The Morgan fingerprint density at radius 3 is 2.88 bits per heavy atom. The predicted molar refractivity (Wildman–Crippen MR) is 55.1 cm³/mol. The fraction of sp³-hybridized carbons (Fsp3) is 0.364. The molecule has 1 heterocycles. The summed E-state index contributed by atoms with van der Waals surface area (Å²) in [5.41, 5.74) is 0.344. The zero-order valence-electron chi connectivity index (χ0n) is 9.02. The molecule has 0 aliphatic carbocycles. The second kappa shape index (κ2) is 4.02. The number of ether oxygens (including phenoxy) is 3.